The largest absolute Gasteiger partial charge is 0.339 e. The molecule has 0 saturated carbocycles. The van der Waals surface area contributed by atoms with Crippen molar-refractivity contribution in [3.05, 3.63) is 47.6 Å². The number of nitrogens with one attached hydrogen (secondary N) is 1. The Labute approximate surface area is 120 Å². The molecule has 0 bridgehead atoms. The van der Waals surface area contributed by atoms with E-state index < -0.39 is 0 Å². The van der Waals surface area contributed by atoms with Gasteiger partial charge in [0.25, 0.3) is 0 Å². The second-order valence-corrected chi connectivity index (χ2v) is 5.24. The zero-order chi connectivity index (χ0) is 14.4. The first kappa shape index (κ1) is 14.7. The molecule has 0 amide bonds. The van der Waals surface area contributed by atoms with Crippen LogP contribution in [0.3, 0.4) is 0 Å². The topological polar surface area (TPSA) is 51.0 Å². The second kappa shape index (κ2) is 7.20. The summed E-state index contributed by atoms with van der Waals surface area (Å²) in [4.78, 5) is 4.52. The highest BCUT2D eigenvalue weighted by Gasteiger charge is 2.20. The van der Waals surface area contributed by atoms with Gasteiger partial charge in [-0.3, -0.25) is 0 Å². The third-order valence-corrected chi connectivity index (χ3v) is 3.54. The summed E-state index contributed by atoms with van der Waals surface area (Å²) in [6.07, 6.45) is 1.84. The van der Waals surface area contributed by atoms with E-state index in [4.69, 9.17) is 4.52 Å². The summed E-state index contributed by atoms with van der Waals surface area (Å²) in [7, 11) is 0. The van der Waals surface area contributed by atoms with Crippen molar-refractivity contribution in [2.45, 2.75) is 45.6 Å². The fourth-order valence-corrected chi connectivity index (χ4v) is 2.07. The van der Waals surface area contributed by atoms with Crippen LogP contribution in [0.4, 0.5) is 0 Å². The lowest BCUT2D eigenvalue weighted by atomic mass is 10.0. The summed E-state index contributed by atoms with van der Waals surface area (Å²) in [5.74, 6) is 1.69. The Morgan fingerprint density at radius 2 is 1.95 bits per heavy atom. The van der Waals surface area contributed by atoms with Crippen LogP contribution in [-0.4, -0.2) is 22.7 Å². The van der Waals surface area contributed by atoms with Gasteiger partial charge in [-0.15, -0.1) is 0 Å². The summed E-state index contributed by atoms with van der Waals surface area (Å²) < 4.78 is 5.40. The maximum atomic E-state index is 5.40. The normalized spacial score (nSPS) is 14.2. The monoisotopic (exact) mass is 273 g/mol. The Balaban J connectivity index is 1.98. The van der Waals surface area contributed by atoms with Crippen LogP contribution in [-0.2, 0) is 6.42 Å². The highest BCUT2D eigenvalue weighted by atomic mass is 16.5. The molecule has 2 aromatic rings. The summed E-state index contributed by atoms with van der Waals surface area (Å²) in [5.41, 5.74) is 1.20. The fraction of sp³-hybridized carbons (Fsp3) is 0.500. The number of rotatable bonds is 7. The molecule has 0 radical (unpaired) electrons. The zero-order valence-corrected chi connectivity index (χ0v) is 12.5. The highest BCUT2D eigenvalue weighted by molar-refractivity contribution is 5.18. The summed E-state index contributed by atoms with van der Waals surface area (Å²) >= 11 is 0. The smallest absolute Gasteiger partial charge is 0.231 e. The van der Waals surface area contributed by atoms with E-state index in [0.717, 1.165) is 18.8 Å². The fourth-order valence-electron chi connectivity index (χ4n) is 2.07. The molecule has 1 N–H and O–H groups in total. The summed E-state index contributed by atoms with van der Waals surface area (Å²) in [6.45, 7) is 7.44. The molecule has 1 aromatic carbocycles. The van der Waals surface area contributed by atoms with Gasteiger partial charge >= 0.3 is 0 Å². The van der Waals surface area contributed by atoms with Crippen molar-refractivity contribution in [1.29, 1.82) is 0 Å². The lowest BCUT2D eigenvalue weighted by Gasteiger charge is -2.17. The molecular formula is C16H23N3O. The van der Waals surface area contributed by atoms with Crippen LogP contribution in [0.1, 0.15) is 50.4 Å². The SMILES string of the molecule is CCCNC(C)C(C)c1nc(Cc2ccccc2)no1. The van der Waals surface area contributed by atoms with Crippen LogP contribution in [0.15, 0.2) is 34.9 Å². The second-order valence-electron chi connectivity index (χ2n) is 5.24. The quantitative estimate of drug-likeness (QED) is 0.842. The van der Waals surface area contributed by atoms with Gasteiger partial charge in [0.2, 0.25) is 5.89 Å². The molecule has 4 heteroatoms. The lowest BCUT2D eigenvalue weighted by molar-refractivity contribution is 0.328. The van der Waals surface area contributed by atoms with Gasteiger partial charge in [-0.1, -0.05) is 49.3 Å². The van der Waals surface area contributed by atoms with Crippen molar-refractivity contribution in [1.82, 2.24) is 15.5 Å². The van der Waals surface area contributed by atoms with Gasteiger partial charge in [0.15, 0.2) is 5.82 Å². The van der Waals surface area contributed by atoms with E-state index >= 15 is 0 Å². The van der Waals surface area contributed by atoms with Crippen molar-refractivity contribution in [3.63, 3.8) is 0 Å². The highest BCUT2D eigenvalue weighted by Crippen LogP contribution is 2.18. The number of hydrogen-bond donors (Lipinski definition) is 1. The molecular weight excluding hydrogens is 250 g/mol. The molecule has 4 nitrogen and oxygen atoms in total. The third kappa shape index (κ3) is 3.90. The first-order chi connectivity index (χ1) is 9.70. The van der Waals surface area contributed by atoms with E-state index in [-0.39, 0.29) is 5.92 Å². The summed E-state index contributed by atoms with van der Waals surface area (Å²) in [5, 5.41) is 7.54. The number of hydrogen-bond acceptors (Lipinski definition) is 4. The van der Waals surface area contributed by atoms with E-state index in [1.165, 1.54) is 5.56 Å². The number of benzene rings is 1. The molecule has 0 aliphatic rings. The maximum absolute atomic E-state index is 5.40. The van der Waals surface area contributed by atoms with Gasteiger partial charge in [0.05, 0.1) is 5.92 Å². The first-order valence-electron chi connectivity index (χ1n) is 7.30. The van der Waals surface area contributed by atoms with Crippen molar-refractivity contribution in [2.75, 3.05) is 6.54 Å². The van der Waals surface area contributed by atoms with Gasteiger partial charge in [-0.25, -0.2) is 0 Å². The lowest BCUT2D eigenvalue weighted by Crippen LogP contribution is -2.31. The molecule has 2 rings (SSSR count). The molecule has 1 heterocycles. The predicted octanol–water partition coefficient (Wildman–Crippen LogP) is 3.15. The molecule has 0 spiro atoms. The number of nitrogens with zero attached hydrogens (tertiary/aromatic N) is 2. The average molecular weight is 273 g/mol. The number of aromatic nitrogens is 2. The Bertz CT molecular complexity index is 509. The maximum Gasteiger partial charge on any atom is 0.231 e. The van der Waals surface area contributed by atoms with Gasteiger partial charge < -0.3 is 9.84 Å². The minimum atomic E-state index is 0.221. The van der Waals surface area contributed by atoms with Crippen LogP contribution in [0.5, 0.6) is 0 Å². The Hall–Kier alpha value is -1.68. The zero-order valence-electron chi connectivity index (χ0n) is 12.5. The minimum absolute atomic E-state index is 0.221. The van der Waals surface area contributed by atoms with Crippen molar-refractivity contribution in [3.8, 4) is 0 Å². The molecule has 0 aliphatic heterocycles. The molecule has 1 aromatic heterocycles. The molecule has 108 valence electrons. The first-order valence-corrected chi connectivity index (χ1v) is 7.30. The van der Waals surface area contributed by atoms with Crippen LogP contribution in [0.25, 0.3) is 0 Å². The Morgan fingerprint density at radius 3 is 2.65 bits per heavy atom. The van der Waals surface area contributed by atoms with Gasteiger partial charge in [-0.2, -0.15) is 4.98 Å². The third-order valence-electron chi connectivity index (χ3n) is 3.54. The van der Waals surface area contributed by atoms with Crippen LogP contribution in [0.2, 0.25) is 0 Å². The molecule has 0 saturated heterocycles. The van der Waals surface area contributed by atoms with Crippen molar-refractivity contribution >= 4 is 0 Å². The minimum Gasteiger partial charge on any atom is -0.339 e. The van der Waals surface area contributed by atoms with Crippen LogP contribution >= 0.6 is 0 Å². The molecule has 0 fully saturated rings. The van der Waals surface area contributed by atoms with E-state index in [2.05, 4.69) is 48.4 Å². The van der Waals surface area contributed by atoms with Crippen molar-refractivity contribution in [2.24, 2.45) is 0 Å². The molecule has 0 aliphatic carbocycles. The van der Waals surface area contributed by atoms with Crippen molar-refractivity contribution < 1.29 is 4.52 Å². The molecule has 20 heavy (non-hydrogen) atoms. The van der Waals surface area contributed by atoms with Crippen LogP contribution in [0, 0.1) is 0 Å². The molecule has 2 atom stereocenters. The predicted molar refractivity (Wildman–Crippen MR) is 79.7 cm³/mol. The van der Waals surface area contributed by atoms with Gasteiger partial charge in [-0.05, 0) is 25.5 Å². The van der Waals surface area contributed by atoms with E-state index in [1.807, 2.05) is 18.2 Å². The average Bonchev–Trinajstić information content (AvgIpc) is 2.93. The standard InChI is InChI=1S/C16H23N3O/c1-4-10-17-13(3)12(2)16-18-15(19-20-16)11-14-8-6-5-7-9-14/h5-9,12-13,17H,4,10-11H2,1-3H3. The van der Waals surface area contributed by atoms with Gasteiger partial charge in [0, 0.05) is 12.5 Å². The Kier molecular flexibility index (Phi) is 5.30. The van der Waals surface area contributed by atoms with E-state index in [9.17, 15) is 0 Å². The Morgan fingerprint density at radius 1 is 1.20 bits per heavy atom. The van der Waals surface area contributed by atoms with E-state index in [0.29, 0.717) is 18.4 Å². The van der Waals surface area contributed by atoms with Crippen LogP contribution < -0.4 is 5.32 Å². The summed E-state index contributed by atoms with van der Waals surface area (Å²) in [6, 6.07) is 10.5. The molecule has 2 unspecified atom stereocenters. The van der Waals surface area contributed by atoms with E-state index in [1.54, 1.807) is 0 Å². The van der Waals surface area contributed by atoms with Gasteiger partial charge in [0.1, 0.15) is 0 Å².